The van der Waals surface area contributed by atoms with Crippen molar-refractivity contribution in [1.29, 1.82) is 5.26 Å². The van der Waals surface area contributed by atoms with Crippen LogP contribution in [0.3, 0.4) is 0 Å². The smallest absolute Gasteiger partial charge is 0.287 e. The number of piperidine rings is 1. The molecular formula is C22H25ClFN5O2. The SMILES string of the molecule is N#Cc1ccc(N2CCC(n3ncc(NC[C@H]4CCCOC4)c(Cl)c3=O)CC2)c(F)c1. The molecule has 4 rings (SSSR count). The highest BCUT2D eigenvalue weighted by Gasteiger charge is 2.25. The first-order valence-electron chi connectivity index (χ1n) is 10.6. The molecule has 2 saturated heterocycles. The first kappa shape index (κ1) is 21.6. The maximum Gasteiger partial charge on any atom is 0.287 e. The molecule has 1 aromatic heterocycles. The Hall–Kier alpha value is -2.63. The van der Waals surface area contributed by atoms with Crippen molar-refractivity contribution in [2.45, 2.75) is 31.7 Å². The lowest BCUT2D eigenvalue weighted by atomic mass is 10.0. The zero-order valence-corrected chi connectivity index (χ0v) is 17.9. The Morgan fingerprint density at radius 1 is 1.32 bits per heavy atom. The number of ether oxygens (including phenoxy) is 1. The fraction of sp³-hybridized carbons (Fsp3) is 0.500. The average Bonchev–Trinajstić information content (AvgIpc) is 2.81. The fourth-order valence-electron chi connectivity index (χ4n) is 4.24. The lowest BCUT2D eigenvalue weighted by Gasteiger charge is -2.34. The molecule has 0 bridgehead atoms. The van der Waals surface area contributed by atoms with Crippen LogP contribution in [-0.4, -0.2) is 42.6 Å². The summed E-state index contributed by atoms with van der Waals surface area (Å²) in [4.78, 5) is 14.7. The topological polar surface area (TPSA) is 83.2 Å². The molecule has 2 aromatic rings. The minimum atomic E-state index is -0.408. The largest absolute Gasteiger partial charge is 0.382 e. The summed E-state index contributed by atoms with van der Waals surface area (Å²) in [6, 6.07) is 6.34. The standard InChI is InChI=1S/C22H25ClFN5O2/c23-21-19(26-12-16-2-1-9-31-14-16)13-27-29(22(21)30)17-5-7-28(8-6-17)20-4-3-15(11-25)10-18(20)24/h3-4,10,13,16-17,26H,1-2,5-9,12,14H2/t16-/m1/s1. The Bertz CT molecular complexity index is 1020. The Labute approximate surface area is 185 Å². The van der Waals surface area contributed by atoms with Gasteiger partial charge in [-0.3, -0.25) is 4.79 Å². The van der Waals surface area contributed by atoms with Gasteiger partial charge < -0.3 is 15.0 Å². The highest BCUT2D eigenvalue weighted by molar-refractivity contribution is 6.32. The number of hydrogen-bond donors (Lipinski definition) is 1. The minimum absolute atomic E-state index is 0.0940. The third kappa shape index (κ3) is 4.83. The van der Waals surface area contributed by atoms with Gasteiger partial charge in [0.15, 0.2) is 0 Å². The number of rotatable bonds is 5. The van der Waals surface area contributed by atoms with E-state index in [-0.39, 0.29) is 16.6 Å². The monoisotopic (exact) mass is 445 g/mol. The summed E-state index contributed by atoms with van der Waals surface area (Å²) in [5.74, 6) is -0.00572. The molecule has 1 atom stereocenters. The van der Waals surface area contributed by atoms with Gasteiger partial charge in [-0.15, -0.1) is 0 Å². The summed E-state index contributed by atoms with van der Waals surface area (Å²) in [5, 5.41) is 16.6. The van der Waals surface area contributed by atoms with Gasteiger partial charge in [-0.1, -0.05) is 11.6 Å². The van der Waals surface area contributed by atoms with Gasteiger partial charge in [0.05, 0.1) is 41.9 Å². The Balaban J connectivity index is 1.40. The average molecular weight is 446 g/mol. The van der Waals surface area contributed by atoms with E-state index in [2.05, 4.69) is 10.4 Å². The van der Waals surface area contributed by atoms with Crippen LogP contribution in [0.15, 0.2) is 29.2 Å². The number of halogens is 2. The maximum absolute atomic E-state index is 14.3. The minimum Gasteiger partial charge on any atom is -0.382 e. The molecule has 1 N–H and O–H groups in total. The summed E-state index contributed by atoms with van der Waals surface area (Å²) >= 11 is 6.36. The molecule has 31 heavy (non-hydrogen) atoms. The van der Waals surface area contributed by atoms with Crippen molar-refractivity contribution < 1.29 is 9.13 Å². The summed E-state index contributed by atoms with van der Waals surface area (Å²) in [6.45, 7) is 3.39. The van der Waals surface area contributed by atoms with Crippen molar-refractivity contribution in [3.8, 4) is 6.07 Å². The molecule has 7 nitrogen and oxygen atoms in total. The molecule has 0 unspecified atom stereocenters. The van der Waals surface area contributed by atoms with Gasteiger partial charge >= 0.3 is 0 Å². The summed E-state index contributed by atoms with van der Waals surface area (Å²) in [6.07, 6.45) is 5.04. The first-order chi connectivity index (χ1) is 15.1. The van der Waals surface area contributed by atoms with E-state index < -0.39 is 5.82 Å². The van der Waals surface area contributed by atoms with Crippen LogP contribution < -0.4 is 15.8 Å². The number of anilines is 2. The number of nitrogens with zero attached hydrogens (tertiary/aromatic N) is 4. The molecule has 0 aliphatic carbocycles. The second-order valence-electron chi connectivity index (χ2n) is 8.08. The predicted octanol–water partition coefficient (Wildman–Crippen LogP) is 3.59. The van der Waals surface area contributed by atoms with E-state index in [1.165, 1.54) is 10.7 Å². The predicted molar refractivity (Wildman–Crippen MR) is 117 cm³/mol. The van der Waals surface area contributed by atoms with Crippen LogP contribution in [0.2, 0.25) is 5.02 Å². The van der Waals surface area contributed by atoms with Gasteiger partial charge in [0, 0.05) is 26.2 Å². The molecule has 0 radical (unpaired) electrons. The van der Waals surface area contributed by atoms with Crippen molar-refractivity contribution in [3.05, 3.63) is 51.2 Å². The fourth-order valence-corrected chi connectivity index (χ4v) is 4.44. The van der Waals surface area contributed by atoms with E-state index in [9.17, 15) is 9.18 Å². The van der Waals surface area contributed by atoms with E-state index in [1.807, 2.05) is 11.0 Å². The van der Waals surface area contributed by atoms with Crippen molar-refractivity contribution in [1.82, 2.24) is 9.78 Å². The Morgan fingerprint density at radius 2 is 2.13 bits per heavy atom. The number of nitriles is 1. The third-order valence-corrected chi connectivity index (χ3v) is 6.37. The first-order valence-corrected chi connectivity index (χ1v) is 11.0. The molecule has 2 fully saturated rings. The van der Waals surface area contributed by atoms with Crippen LogP contribution in [0.4, 0.5) is 15.8 Å². The van der Waals surface area contributed by atoms with Crippen LogP contribution in [0.25, 0.3) is 0 Å². The number of nitrogens with one attached hydrogen (secondary N) is 1. The van der Waals surface area contributed by atoms with E-state index in [0.717, 1.165) is 19.4 Å². The summed E-state index contributed by atoms with van der Waals surface area (Å²) in [7, 11) is 0. The quantitative estimate of drug-likeness (QED) is 0.757. The Morgan fingerprint density at radius 3 is 2.81 bits per heavy atom. The summed E-state index contributed by atoms with van der Waals surface area (Å²) in [5.41, 5.74) is 1.01. The highest BCUT2D eigenvalue weighted by atomic mass is 35.5. The van der Waals surface area contributed by atoms with E-state index in [1.54, 1.807) is 18.3 Å². The molecule has 2 aliphatic heterocycles. The molecule has 1 aromatic carbocycles. The molecule has 2 aliphatic rings. The third-order valence-electron chi connectivity index (χ3n) is 6.01. The molecule has 9 heteroatoms. The Kier molecular flexibility index (Phi) is 6.73. The lowest BCUT2D eigenvalue weighted by Crippen LogP contribution is -2.39. The molecule has 0 saturated carbocycles. The van der Waals surface area contributed by atoms with Crippen LogP contribution in [0.5, 0.6) is 0 Å². The van der Waals surface area contributed by atoms with Crippen molar-refractivity contribution in [2.24, 2.45) is 5.92 Å². The van der Waals surface area contributed by atoms with Gasteiger partial charge in [-0.05, 0) is 49.8 Å². The molecule has 3 heterocycles. The second-order valence-corrected chi connectivity index (χ2v) is 8.46. The van der Waals surface area contributed by atoms with Gasteiger partial charge in [0.25, 0.3) is 5.56 Å². The number of aromatic nitrogens is 2. The van der Waals surface area contributed by atoms with Gasteiger partial charge in [-0.2, -0.15) is 10.4 Å². The van der Waals surface area contributed by atoms with E-state index in [0.29, 0.717) is 61.9 Å². The molecular weight excluding hydrogens is 421 g/mol. The normalized spacial score (nSPS) is 19.8. The van der Waals surface area contributed by atoms with Gasteiger partial charge in [0.2, 0.25) is 0 Å². The van der Waals surface area contributed by atoms with Crippen molar-refractivity contribution in [3.63, 3.8) is 0 Å². The number of hydrogen-bond acceptors (Lipinski definition) is 6. The molecule has 0 spiro atoms. The van der Waals surface area contributed by atoms with Crippen molar-refractivity contribution >= 4 is 23.0 Å². The van der Waals surface area contributed by atoms with Crippen LogP contribution in [0, 0.1) is 23.1 Å². The van der Waals surface area contributed by atoms with Gasteiger partial charge in [-0.25, -0.2) is 9.07 Å². The highest BCUT2D eigenvalue weighted by Crippen LogP contribution is 2.28. The molecule has 164 valence electrons. The van der Waals surface area contributed by atoms with Crippen LogP contribution in [-0.2, 0) is 4.74 Å². The lowest BCUT2D eigenvalue weighted by molar-refractivity contribution is 0.0595. The van der Waals surface area contributed by atoms with Crippen molar-refractivity contribution in [2.75, 3.05) is 43.1 Å². The zero-order valence-electron chi connectivity index (χ0n) is 17.2. The van der Waals surface area contributed by atoms with Crippen LogP contribution in [0.1, 0.15) is 37.3 Å². The second kappa shape index (κ2) is 9.67. The maximum atomic E-state index is 14.3. The van der Waals surface area contributed by atoms with E-state index in [4.69, 9.17) is 21.6 Å². The van der Waals surface area contributed by atoms with E-state index >= 15 is 0 Å². The van der Waals surface area contributed by atoms with Gasteiger partial charge in [0.1, 0.15) is 10.8 Å². The van der Waals surface area contributed by atoms with Crippen LogP contribution >= 0.6 is 11.6 Å². The zero-order chi connectivity index (χ0) is 21.8. The summed E-state index contributed by atoms with van der Waals surface area (Å²) < 4.78 is 21.3. The molecule has 0 amide bonds. The number of benzene rings is 1.